The molecule has 3 heteroatoms. The number of benzene rings is 1. The summed E-state index contributed by atoms with van der Waals surface area (Å²) in [5, 5.41) is 0. The minimum absolute atomic E-state index is 0.111. The van der Waals surface area contributed by atoms with Crippen molar-refractivity contribution in [3.63, 3.8) is 0 Å². The molecule has 0 amide bonds. The third kappa shape index (κ3) is 4.38. The molecule has 0 fully saturated rings. The number of halogens is 1. The quantitative estimate of drug-likeness (QED) is 0.773. The first-order valence-corrected chi connectivity index (χ1v) is 6.05. The highest BCUT2D eigenvalue weighted by Gasteiger charge is 2.16. The molecule has 0 radical (unpaired) electrons. The zero-order valence-corrected chi connectivity index (χ0v) is 11.6. The molecule has 0 atom stereocenters. The van der Waals surface area contributed by atoms with Gasteiger partial charge in [0.05, 0.1) is 15.8 Å². The van der Waals surface area contributed by atoms with Gasteiger partial charge < -0.3 is 9.47 Å². The summed E-state index contributed by atoms with van der Waals surface area (Å²) < 4.78 is 12.2. The molecule has 15 heavy (non-hydrogen) atoms. The van der Waals surface area contributed by atoms with E-state index in [4.69, 9.17) is 9.47 Å². The number of hydrogen-bond donors (Lipinski definition) is 0. The van der Waals surface area contributed by atoms with Crippen molar-refractivity contribution in [2.24, 2.45) is 0 Å². The molecule has 0 aromatic heterocycles. The number of rotatable bonds is 5. The van der Waals surface area contributed by atoms with Crippen molar-refractivity contribution in [2.45, 2.75) is 25.9 Å². The van der Waals surface area contributed by atoms with E-state index in [-0.39, 0.29) is 5.60 Å². The van der Waals surface area contributed by atoms with Crippen LogP contribution in [0.2, 0.25) is 0 Å². The van der Waals surface area contributed by atoms with Crippen LogP contribution in [0.25, 0.3) is 0 Å². The van der Waals surface area contributed by atoms with Gasteiger partial charge in [-0.15, -0.1) is 0 Å². The molecule has 84 valence electrons. The molecule has 0 N–H and O–H groups in total. The molecule has 0 spiro atoms. The summed E-state index contributed by atoms with van der Waals surface area (Å²) in [7, 11) is 1.73. The monoisotopic (exact) mass is 320 g/mol. The second kappa shape index (κ2) is 5.70. The van der Waals surface area contributed by atoms with Crippen LogP contribution >= 0.6 is 22.6 Å². The van der Waals surface area contributed by atoms with E-state index in [0.717, 1.165) is 15.7 Å². The van der Waals surface area contributed by atoms with Crippen LogP contribution in [-0.4, -0.2) is 19.3 Å². The van der Waals surface area contributed by atoms with Crippen LogP contribution in [0.4, 0.5) is 0 Å². The Balaban J connectivity index is 2.42. The number of ether oxygens (including phenoxy) is 2. The normalized spacial score (nSPS) is 11.5. The van der Waals surface area contributed by atoms with E-state index in [1.807, 2.05) is 24.3 Å². The fourth-order valence-corrected chi connectivity index (χ4v) is 1.61. The molecule has 0 unspecified atom stereocenters. The Hall–Kier alpha value is -0.290. The first-order valence-electron chi connectivity index (χ1n) is 4.98. The molecule has 1 rings (SSSR count). The lowest BCUT2D eigenvalue weighted by atomic mass is 10.1. The van der Waals surface area contributed by atoms with Crippen molar-refractivity contribution in [3.8, 4) is 5.75 Å². The molecule has 0 heterocycles. The summed E-state index contributed by atoms with van der Waals surface area (Å²) in [6, 6.07) is 8.02. The van der Waals surface area contributed by atoms with Crippen molar-refractivity contribution < 1.29 is 9.47 Å². The Kier molecular flexibility index (Phi) is 4.86. The van der Waals surface area contributed by atoms with Gasteiger partial charge in [0.25, 0.3) is 0 Å². The van der Waals surface area contributed by atoms with Gasteiger partial charge >= 0.3 is 0 Å². The first kappa shape index (κ1) is 12.8. The number of methoxy groups -OCH3 is 1. The summed E-state index contributed by atoms with van der Waals surface area (Å²) in [5.74, 6) is 0.949. The molecule has 0 saturated heterocycles. The van der Waals surface area contributed by atoms with Gasteiger partial charge in [0.2, 0.25) is 0 Å². The molecule has 2 nitrogen and oxygen atoms in total. The fraction of sp³-hybridized carbons (Fsp3) is 0.500. The third-order valence-corrected chi connectivity index (χ3v) is 3.24. The highest BCUT2D eigenvalue weighted by Crippen LogP contribution is 2.21. The van der Waals surface area contributed by atoms with E-state index in [0.29, 0.717) is 6.61 Å². The Morgan fingerprint density at radius 3 is 2.53 bits per heavy atom. The molecule has 0 aliphatic heterocycles. The smallest absolute Gasteiger partial charge is 0.132 e. The second-order valence-electron chi connectivity index (χ2n) is 3.99. The Morgan fingerprint density at radius 1 is 1.27 bits per heavy atom. The molecular weight excluding hydrogens is 303 g/mol. The molecule has 0 aliphatic carbocycles. The summed E-state index contributed by atoms with van der Waals surface area (Å²) in [6.45, 7) is 4.81. The van der Waals surface area contributed by atoms with Gasteiger partial charge in [-0.05, 0) is 48.6 Å². The van der Waals surface area contributed by atoms with Crippen LogP contribution in [0, 0.1) is 3.57 Å². The summed E-state index contributed by atoms with van der Waals surface area (Å²) >= 11 is 2.27. The maximum absolute atomic E-state index is 5.69. The highest BCUT2D eigenvalue weighted by atomic mass is 127. The Labute approximate surface area is 105 Å². The zero-order chi connectivity index (χ0) is 11.3. The van der Waals surface area contributed by atoms with Gasteiger partial charge in [0, 0.05) is 13.5 Å². The average Bonchev–Trinajstić information content (AvgIpc) is 2.21. The van der Waals surface area contributed by atoms with Gasteiger partial charge in [0.15, 0.2) is 0 Å². The van der Waals surface area contributed by atoms with Gasteiger partial charge in [-0.2, -0.15) is 0 Å². The summed E-state index contributed by atoms with van der Waals surface area (Å²) in [6.07, 6.45) is 0.883. The average molecular weight is 320 g/mol. The lowest BCUT2D eigenvalue weighted by Crippen LogP contribution is -2.25. The van der Waals surface area contributed by atoms with E-state index >= 15 is 0 Å². The fourth-order valence-electron chi connectivity index (χ4n) is 1.07. The van der Waals surface area contributed by atoms with Crippen molar-refractivity contribution in [2.75, 3.05) is 13.7 Å². The van der Waals surface area contributed by atoms with Crippen molar-refractivity contribution >= 4 is 22.6 Å². The second-order valence-corrected chi connectivity index (χ2v) is 5.15. The zero-order valence-electron chi connectivity index (χ0n) is 9.42. The maximum Gasteiger partial charge on any atom is 0.132 e. The van der Waals surface area contributed by atoms with Gasteiger partial charge in [0.1, 0.15) is 5.75 Å². The topological polar surface area (TPSA) is 18.5 Å². The van der Waals surface area contributed by atoms with E-state index in [1.54, 1.807) is 7.11 Å². The molecule has 0 saturated carbocycles. The lowest BCUT2D eigenvalue weighted by molar-refractivity contribution is 0.00539. The van der Waals surface area contributed by atoms with Crippen molar-refractivity contribution in [3.05, 3.63) is 27.8 Å². The number of hydrogen-bond acceptors (Lipinski definition) is 2. The molecule has 0 bridgehead atoms. The Bertz CT molecular complexity index is 310. The minimum Gasteiger partial charge on any atom is -0.492 e. The van der Waals surface area contributed by atoms with Gasteiger partial charge in [-0.3, -0.25) is 0 Å². The molecule has 0 aliphatic rings. The van der Waals surface area contributed by atoms with Crippen molar-refractivity contribution in [1.82, 2.24) is 0 Å². The minimum atomic E-state index is -0.111. The van der Waals surface area contributed by atoms with Crippen LogP contribution in [-0.2, 0) is 4.74 Å². The molecular formula is C12H17IO2. The van der Waals surface area contributed by atoms with Crippen molar-refractivity contribution in [1.29, 1.82) is 0 Å². The Morgan fingerprint density at radius 2 is 1.93 bits per heavy atom. The maximum atomic E-state index is 5.69. The lowest BCUT2D eigenvalue weighted by Gasteiger charge is -2.22. The molecule has 1 aromatic carbocycles. The van der Waals surface area contributed by atoms with E-state index < -0.39 is 0 Å². The largest absolute Gasteiger partial charge is 0.492 e. The summed E-state index contributed by atoms with van der Waals surface area (Å²) in [5.41, 5.74) is -0.111. The van der Waals surface area contributed by atoms with Gasteiger partial charge in [-0.25, -0.2) is 0 Å². The SMILES string of the molecule is COC(C)(C)CCOc1ccccc1I. The van der Waals surface area contributed by atoms with Crippen LogP contribution in [0.15, 0.2) is 24.3 Å². The van der Waals surface area contributed by atoms with Crippen LogP contribution in [0.3, 0.4) is 0 Å². The molecule has 1 aromatic rings. The van der Waals surface area contributed by atoms with Crippen LogP contribution in [0.5, 0.6) is 5.75 Å². The van der Waals surface area contributed by atoms with Crippen LogP contribution < -0.4 is 4.74 Å². The van der Waals surface area contributed by atoms with Crippen LogP contribution in [0.1, 0.15) is 20.3 Å². The van der Waals surface area contributed by atoms with Gasteiger partial charge in [-0.1, -0.05) is 12.1 Å². The predicted molar refractivity (Wildman–Crippen MR) is 70.4 cm³/mol. The summed E-state index contributed by atoms with van der Waals surface area (Å²) in [4.78, 5) is 0. The number of para-hydroxylation sites is 1. The predicted octanol–water partition coefficient (Wildman–Crippen LogP) is 3.49. The standard InChI is InChI=1S/C12H17IO2/c1-12(2,14-3)8-9-15-11-7-5-4-6-10(11)13/h4-7H,8-9H2,1-3H3. The first-order chi connectivity index (χ1) is 7.05. The van der Waals surface area contributed by atoms with E-state index in [2.05, 4.69) is 36.4 Å². The highest BCUT2D eigenvalue weighted by molar-refractivity contribution is 14.1. The van der Waals surface area contributed by atoms with E-state index in [9.17, 15) is 0 Å². The van der Waals surface area contributed by atoms with E-state index in [1.165, 1.54) is 0 Å². The third-order valence-electron chi connectivity index (χ3n) is 2.35.